The molecule has 1 aliphatic rings. The molecular formula is C13H17N3. The minimum Gasteiger partial charge on any atom is -0.348 e. The highest BCUT2D eigenvalue weighted by molar-refractivity contribution is 5.80. The minimum absolute atomic E-state index is 0.802. The SMILES string of the molecule is Cn1c(CC2CCNC2)cc2cnccc21. The molecule has 3 nitrogen and oxygen atoms in total. The third-order valence-corrected chi connectivity index (χ3v) is 3.60. The molecule has 0 amide bonds. The number of aromatic nitrogens is 2. The summed E-state index contributed by atoms with van der Waals surface area (Å²) in [6, 6.07) is 4.37. The van der Waals surface area contributed by atoms with Crippen molar-refractivity contribution in [2.75, 3.05) is 13.1 Å². The van der Waals surface area contributed by atoms with Crippen LogP contribution < -0.4 is 5.32 Å². The molecule has 0 saturated carbocycles. The number of aryl methyl sites for hydroxylation is 1. The Morgan fingerprint density at radius 1 is 1.56 bits per heavy atom. The molecule has 0 radical (unpaired) electrons. The zero-order chi connectivity index (χ0) is 11.0. The van der Waals surface area contributed by atoms with Gasteiger partial charge in [0.1, 0.15) is 0 Å². The van der Waals surface area contributed by atoms with Gasteiger partial charge in [0.2, 0.25) is 0 Å². The van der Waals surface area contributed by atoms with E-state index in [1.807, 2.05) is 12.4 Å². The van der Waals surface area contributed by atoms with Gasteiger partial charge < -0.3 is 9.88 Å². The Bertz CT molecular complexity index is 495. The molecule has 0 aromatic carbocycles. The molecule has 0 bridgehead atoms. The van der Waals surface area contributed by atoms with E-state index in [1.54, 1.807) is 0 Å². The highest BCUT2D eigenvalue weighted by Gasteiger charge is 2.17. The van der Waals surface area contributed by atoms with Gasteiger partial charge in [0.15, 0.2) is 0 Å². The van der Waals surface area contributed by atoms with E-state index in [0.717, 1.165) is 5.92 Å². The fourth-order valence-corrected chi connectivity index (χ4v) is 2.63. The van der Waals surface area contributed by atoms with Crippen LogP contribution in [-0.2, 0) is 13.5 Å². The molecule has 1 fully saturated rings. The second kappa shape index (κ2) is 3.91. The maximum absolute atomic E-state index is 4.17. The first-order valence-corrected chi connectivity index (χ1v) is 5.93. The fraction of sp³-hybridized carbons (Fsp3) is 0.462. The summed E-state index contributed by atoms with van der Waals surface area (Å²) < 4.78 is 2.30. The fourth-order valence-electron chi connectivity index (χ4n) is 2.63. The second-order valence-corrected chi connectivity index (χ2v) is 4.69. The number of nitrogens with zero attached hydrogens (tertiary/aromatic N) is 2. The van der Waals surface area contributed by atoms with Gasteiger partial charge in [-0.1, -0.05) is 0 Å². The standard InChI is InChI=1S/C13H17N3/c1-16-12(6-10-2-4-14-8-10)7-11-9-15-5-3-13(11)16/h3,5,7,9-10,14H,2,4,6,8H2,1H3. The maximum Gasteiger partial charge on any atom is 0.0510 e. The Morgan fingerprint density at radius 3 is 3.25 bits per heavy atom. The van der Waals surface area contributed by atoms with E-state index in [9.17, 15) is 0 Å². The molecule has 1 aliphatic heterocycles. The Hall–Kier alpha value is -1.35. The van der Waals surface area contributed by atoms with Crippen molar-refractivity contribution in [3.8, 4) is 0 Å². The molecule has 3 heterocycles. The number of fused-ring (bicyclic) bond motifs is 1. The number of rotatable bonds is 2. The van der Waals surface area contributed by atoms with Crippen LogP contribution in [0.3, 0.4) is 0 Å². The van der Waals surface area contributed by atoms with Crippen LogP contribution in [0.5, 0.6) is 0 Å². The van der Waals surface area contributed by atoms with E-state index < -0.39 is 0 Å². The van der Waals surface area contributed by atoms with Crippen LogP contribution in [-0.4, -0.2) is 22.6 Å². The minimum atomic E-state index is 0.802. The highest BCUT2D eigenvalue weighted by atomic mass is 15.0. The Labute approximate surface area is 95.5 Å². The van der Waals surface area contributed by atoms with Gasteiger partial charge in [-0.05, 0) is 44.0 Å². The number of hydrogen-bond donors (Lipinski definition) is 1. The Kier molecular flexibility index (Phi) is 2.40. The van der Waals surface area contributed by atoms with Gasteiger partial charge in [0.05, 0.1) is 5.52 Å². The first-order valence-electron chi connectivity index (χ1n) is 5.93. The predicted octanol–water partition coefficient (Wildman–Crippen LogP) is 1.73. The summed E-state index contributed by atoms with van der Waals surface area (Å²) in [4.78, 5) is 4.17. The topological polar surface area (TPSA) is 29.9 Å². The normalized spacial score (nSPS) is 20.7. The molecule has 3 heteroatoms. The summed E-state index contributed by atoms with van der Waals surface area (Å²) in [7, 11) is 2.15. The number of nitrogens with one attached hydrogen (secondary N) is 1. The van der Waals surface area contributed by atoms with E-state index in [0.29, 0.717) is 0 Å². The first-order chi connectivity index (χ1) is 7.84. The number of pyridine rings is 1. The van der Waals surface area contributed by atoms with Gasteiger partial charge in [0.25, 0.3) is 0 Å². The van der Waals surface area contributed by atoms with Crippen LogP contribution in [0.15, 0.2) is 24.5 Å². The van der Waals surface area contributed by atoms with Crippen molar-refractivity contribution in [1.29, 1.82) is 0 Å². The smallest absolute Gasteiger partial charge is 0.0510 e. The lowest BCUT2D eigenvalue weighted by atomic mass is 10.0. The largest absolute Gasteiger partial charge is 0.348 e. The summed E-state index contributed by atoms with van der Waals surface area (Å²) >= 11 is 0. The summed E-state index contributed by atoms with van der Waals surface area (Å²) in [6.45, 7) is 2.34. The molecule has 1 unspecified atom stereocenters. The van der Waals surface area contributed by atoms with E-state index in [-0.39, 0.29) is 0 Å². The molecule has 3 rings (SSSR count). The van der Waals surface area contributed by atoms with Gasteiger partial charge in [-0.2, -0.15) is 0 Å². The lowest BCUT2D eigenvalue weighted by Gasteiger charge is -2.09. The summed E-state index contributed by atoms with van der Waals surface area (Å²) in [6.07, 6.45) is 6.30. The zero-order valence-corrected chi connectivity index (χ0v) is 9.61. The molecule has 1 atom stereocenters. The summed E-state index contributed by atoms with van der Waals surface area (Å²) in [5.41, 5.74) is 2.72. The molecule has 1 saturated heterocycles. The summed E-state index contributed by atoms with van der Waals surface area (Å²) in [5.74, 6) is 0.802. The van der Waals surface area contributed by atoms with Gasteiger partial charge in [-0.15, -0.1) is 0 Å². The van der Waals surface area contributed by atoms with Crippen molar-refractivity contribution in [2.24, 2.45) is 13.0 Å². The average molecular weight is 215 g/mol. The molecule has 0 spiro atoms. The highest BCUT2D eigenvalue weighted by Crippen LogP contribution is 2.21. The van der Waals surface area contributed by atoms with Gasteiger partial charge in [-0.3, -0.25) is 4.98 Å². The molecule has 1 N–H and O–H groups in total. The third kappa shape index (κ3) is 1.61. The molecule has 0 aliphatic carbocycles. The van der Waals surface area contributed by atoms with E-state index in [4.69, 9.17) is 0 Å². The van der Waals surface area contributed by atoms with Crippen molar-refractivity contribution in [1.82, 2.24) is 14.9 Å². The van der Waals surface area contributed by atoms with Crippen LogP contribution in [0.25, 0.3) is 10.9 Å². The van der Waals surface area contributed by atoms with Crippen LogP contribution in [0.2, 0.25) is 0 Å². The van der Waals surface area contributed by atoms with Crippen molar-refractivity contribution >= 4 is 10.9 Å². The Balaban J connectivity index is 1.94. The van der Waals surface area contributed by atoms with Gasteiger partial charge >= 0.3 is 0 Å². The van der Waals surface area contributed by atoms with Crippen molar-refractivity contribution in [2.45, 2.75) is 12.8 Å². The summed E-state index contributed by atoms with van der Waals surface area (Å²) in [5, 5.41) is 4.68. The van der Waals surface area contributed by atoms with E-state index in [2.05, 4.69) is 34.0 Å². The predicted molar refractivity (Wildman–Crippen MR) is 65.4 cm³/mol. The van der Waals surface area contributed by atoms with Crippen LogP contribution in [0.1, 0.15) is 12.1 Å². The number of hydrogen-bond acceptors (Lipinski definition) is 2. The molecular weight excluding hydrogens is 198 g/mol. The third-order valence-electron chi connectivity index (χ3n) is 3.60. The lowest BCUT2D eigenvalue weighted by Crippen LogP contribution is -2.12. The molecule has 84 valence electrons. The molecule has 16 heavy (non-hydrogen) atoms. The zero-order valence-electron chi connectivity index (χ0n) is 9.61. The van der Waals surface area contributed by atoms with Crippen LogP contribution in [0, 0.1) is 5.92 Å². The quantitative estimate of drug-likeness (QED) is 0.826. The van der Waals surface area contributed by atoms with Gasteiger partial charge in [0, 0.05) is 30.5 Å². The van der Waals surface area contributed by atoms with Crippen molar-refractivity contribution < 1.29 is 0 Å². The average Bonchev–Trinajstić information content (AvgIpc) is 2.90. The van der Waals surface area contributed by atoms with Crippen LogP contribution in [0.4, 0.5) is 0 Å². The maximum atomic E-state index is 4.17. The Morgan fingerprint density at radius 2 is 2.50 bits per heavy atom. The molecule has 2 aromatic heterocycles. The van der Waals surface area contributed by atoms with Gasteiger partial charge in [-0.25, -0.2) is 0 Å². The monoisotopic (exact) mass is 215 g/mol. The first kappa shape index (κ1) is 9.85. The van der Waals surface area contributed by atoms with E-state index >= 15 is 0 Å². The van der Waals surface area contributed by atoms with Crippen molar-refractivity contribution in [3.05, 3.63) is 30.2 Å². The van der Waals surface area contributed by atoms with E-state index in [1.165, 1.54) is 42.5 Å². The van der Waals surface area contributed by atoms with Crippen molar-refractivity contribution in [3.63, 3.8) is 0 Å². The van der Waals surface area contributed by atoms with Crippen LogP contribution >= 0.6 is 0 Å². The second-order valence-electron chi connectivity index (χ2n) is 4.69. The molecule has 2 aromatic rings. The lowest BCUT2D eigenvalue weighted by molar-refractivity contribution is 0.562.